The highest BCUT2D eigenvalue weighted by atomic mass is 16.3. The number of hydrogen-bond acceptors (Lipinski definition) is 3. The summed E-state index contributed by atoms with van der Waals surface area (Å²) < 4.78 is 0. The number of allylic oxidation sites excluding steroid dienone is 4. The number of fused-ring (bicyclic) bond motifs is 5. The molecule has 0 heterocycles. The molecule has 0 aromatic carbocycles. The van der Waals surface area contributed by atoms with E-state index in [0.717, 1.165) is 32.1 Å². The van der Waals surface area contributed by atoms with Crippen LogP contribution in [0.5, 0.6) is 0 Å². The fourth-order valence-electron chi connectivity index (χ4n) is 6.28. The summed E-state index contributed by atoms with van der Waals surface area (Å²) in [5, 5.41) is 11.1. The molecule has 1 N–H and O–H groups in total. The van der Waals surface area contributed by atoms with Crippen LogP contribution < -0.4 is 0 Å². The van der Waals surface area contributed by atoms with Crippen LogP contribution in [0.25, 0.3) is 0 Å². The summed E-state index contributed by atoms with van der Waals surface area (Å²) in [5.41, 5.74) is 1.26. The summed E-state index contributed by atoms with van der Waals surface area (Å²) in [5.74, 6) is 1.68. The Balaban J connectivity index is 1.68. The Kier molecular flexibility index (Phi) is 3.26. The Hall–Kier alpha value is -1.22. The minimum absolute atomic E-state index is 0.0557. The van der Waals surface area contributed by atoms with Gasteiger partial charge in [-0.05, 0) is 80.4 Å². The molecular formula is C20H26O3. The van der Waals surface area contributed by atoms with Gasteiger partial charge in [0.05, 0.1) is 0 Å². The monoisotopic (exact) mass is 314 g/mol. The van der Waals surface area contributed by atoms with E-state index >= 15 is 0 Å². The maximum Gasteiger partial charge on any atom is 0.161 e. The predicted molar refractivity (Wildman–Crippen MR) is 87.7 cm³/mol. The standard InChI is InChI=1S/C20H26O3/c1-12(21)20(23)10-8-18-17-5-3-13-11-14(22)4-6-15(13)16(17)7-9-19(18,20)2/h6,11,16-18,23H,3-5,7-10H2,1-2H3/t16?,17?,18?,19?,20-/m0/s1. The quantitative estimate of drug-likeness (QED) is 0.807. The first-order valence-electron chi connectivity index (χ1n) is 9.04. The van der Waals surface area contributed by atoms with Gasteiger partial charge in [0.2, 0.25) is 0 Å². The van der Waals surface area contributed by atoms with Crippen LogP contribution >= 0.6 is 0 Å². The fraction of sp³-hybridized carbons (Fsp3) is 0.700. The van der Waals surface area contributed by atoms with E-state index in [1.807, 2.05) is 6.08 Å². The second-order valence-electron chi connectivity index (χ2n) is 8.33. The minimum atomic E-state index is -1.13. The molecule has 0 spiro atoms. The third kappa shape index (κ3) is 1.92. The largest absolute Gasteiger partial charge is 0.382 e. The Morgan fingerprint density at radius 3 is 2.78 bits per heavy atom. The highest BCUT2D eigenvalue weighted by Crippen LogP contribution is 2.64. The highest BCUT2D eigenvalue weighted by molar-refractivity contribution is 5.94. The number of ketones is 2. The lowest BCUT2D eigenvalue weighted by molar-refractivity contribution is -0.155. The van der Waals surface area contributed by atoms with Crippen molar-refractivity contribution in [2.45, 2.75) is 64.4 Å². The van der Waals surface area contributed by atoms with Gasteiger partial charge >= 0.3 is 0 Å². The van der Waals surface area contributed by atoms with E-state index in [1.165, 1.54) is 11.1 Å². The van der Waals surface area contributed by atoms with Crippen LogP contribution in [-0.2, 0) is 9.59 Å². The average Bonchev–Trinajstić information content (AvgIpc) is 2.80. The summed E-state index contributed by atoms with van der Waals surface area (Å²) >= 11 is 0. The smallest absolute Gasteiger partial charge is 0.161 e. The van der Waals surface area contributed by atoms with Gasteiger partial charge < -0.3 is 5.11 Å². The molecule has 0 aromatic heterocycles. The van der Waals surface area contributed by atoms with Crippen molar-refractivity contribution in [2.75, 3.05) is 0 Å². The molecule has 124 valence electrons. The molecule has 4 aliphatic rings. The highest BCUT2D eigenvalue weighted by Gasteiger charge is 2.63. The third-order valence-corrected chi connectivity index (χ3v) is 7.55. The van der Waals surface area contributed by atoms with Gasteiger partial charge in [0.25, 0.3) is 0 Å². The van der Waals surface area contributed by atoms with Gasteiger partial charge in [0.1, 0.15) is 5.60 Å². The lowest BCUT2D eigenvalue weighted by atomic mass is 9.52. The molecule has 4 rings (SSSR count). The molecular weight excluding hydrogens is 288 g/mol. The minimum Gasteiger partial charge on any atom is -0.382 e. The van der Waals surface area contributed by atoms with Crippen LogP contribution in [-0.4, -0.2) is 22.3 Å². The van der Waals surface area contributed by atoms with Gasteiger partial charge in [-0.2, -0.15) is 0 Å². The van der Waals surface area contributed by atoms with Gasteiger partial charge in [-0.3, -0.25) is 9.59 Å². The zero-order valence-corrected chi connectivity index (χ0v) is 14.1. The van der Waals surface area contributed by atoms with Crippen molar-refractivity contribution in [2.24, 2.45) is 23.2 Å². The molecule has 0 aliphatic heterocycles. The number of carbonyl (C=O) groups is 2. The molecule has 0 bridgehead atoms. The Bertz CT molecular complexity index is 643. The van der Waals surface area contributed by atoms with Gasteiger partial charge in [-0.15, -0.1) is 0 Å². The van der Waals surface area contributed by atoms with Crippen LogP contribution in [0.1, 0.15) is 58.8 Å². The fourth-order valence-corrected chi connectivity index (χ4v) is 6.28. The Morgan fingerprint density at radius 2 is 2.04 bits per heavy atom. The van der Waals surface area contributed by atoms with Crippen LogP contribution in [0.2, 0.25) is 0 Å². The number of Topliss-reactive ketones (excluding diaryl/α,β-unsaturated/α-hetero) is 1. The summed E-state index contributed by atoms with van der Waals surface area (Å²) in [6.45, 7) is 3.70. The van der Waals surface area contributed by atoms with E-state index in [1.54, 1.807) is 6.92 Å². The summed E-state index contributed by atoms with van der Waals surface area (Å²) in [6, 6.07) is 0. The zero-order valence-electron chi connectivity index (χ0n) is 14.1. The first-order valence-corrected chi connectivity index (χ1v) is 9.04. The zero-order chi connectivity index (χ0) is 16.4. The SMILES string of the molecule is CC(=O)[C@@]1(O)CCC2C3CCC4=CC(=O)CC=C4C3CCC21C. The lowest BCUT2D eigenvalue weighted by Gasteiger charge is -2.53. The molecule has 4 aliphatic carbocycles. The average molecular weight is 314 g/mol. The molecule has 3 heteroatoms. The second-order valence-corrected chi connectivity index (χ2v) is 8.33. The van der Waals surface area contributed by atoms with Gasteiger partial charge in [-0.25, -0.2) is 0 Å². The van der Waals surface area contributed by atoms with Gasteiger partial charge in [0.15, 0.2) is 11.6 Å². The van der Waals surface area contributed by atoms with Crippen LogP contribution in [0.15, 0.2) is 23.3 Å². The predicted octanol–water partition coefficient (Wildman–Crippen LogP) is 3.37. The van der Waals surface area contributed by atoms with Crippen molar-refractivity contribution in [3.05, 3.63) is 23.3 Å². The first kappa shape index (κ1) is 15.3. The molecule has 3 fully saturated rings. The van der Waals surface area contributed by atoms with E-state index in [-0.39, 0.29) is 17.0 Å². The van der Waals surface area contributed by atoms with Crippen LogP contribution in [0.3, 0.4) is 0 Å². The number of carbonyl (C=O) groups excluding carboxylic acids is 2. The molecule has 0 saturated heterocycles. The summed E-state index contributed by atoms with van der Waals surface area (Å²) in [6.07, 6.45) is 10.1. The first-order chi connectivity index (χ1) is 10.9. The van der Waals surface area contributed by atoms with Crippen molar-refractivity contribution in [1.29, 1.82) is 0 Å². The van der Waals surface area contributed by atoms with E-state index in [2.05, 4.69) is 13.0 Å². The van der Waals surface area contributed by atoms with E-state index in [4.69, 9.17) is 0 Å². The van der Waals surface area contributed by atoms with Gasteiger partial charge in [0, 0.05) is 11.8 Å². The summed E-state index contributed by atoms with van der Waals surface area (Å²) in [4.78, 5) is 23.8. The van der Waals surface area contributed by atoms with E-state index in [0.29, 0.717) is 30.6 Å². The molecule has 0 aromatic rings. The molecule has 0 amide bonds. The Labute approximate surface area is 137 Å². The van der Waals surface area contributed by atoms with Gasteiger partial charge in [-0.1, -0.05) is 13.0 Å². The second kappa shape index (κ2) is 4.89. The van der Waals surface area contributed by atoms with Crippen molar-refractivity contribution in [3.63, 3.8) is 0 Å². The number of hydrogen-bond donors (Lipinski definition) is 1. The summed E-state index contributed by atoms with van der Waals surface area (Å²) in [7, 11) is 0. The number of rotatable bonds is 1. The normalized spacial score (nSPS) is 45.5. The number of aliphatic hydroxyl groups is 1. The molecule has 4 unspecified atom stereocenters. The van der Waals surface area contributed by atoms with Crippen LogP contribution in [0.4, 0.5) is 0 Å². The van der Waals surface area contributed by atoms with Crippen molar-refractivity contribution in [3.8, 4) is 0 Å². The molecule has 5 atom stereocenters. The van der Waals surface area contributed by atoms with Crippen molar-refractivity contribution in [1.82, 2.24) is 0 Å². The maximum atomic E-state index is 12.1. The molecule has 23 heavy (non-hydrogen) atoms. The topological polar surface area (TPSA) is 54.4 Å². The maximum absolute atomic E-state index is 12.1. The van der Waals surface area contributed by atoms with E-state index < -0.39 is 5.60 Å². The molecule has 0 radical (unpaired) electrons. The lowest BCUT2D eigenvalue weighted by Crippen LogP contribution is -2.54. The van der Waals surface area contributed by atoms with Crippen molar-refractivity contribution < 1.29 is 14.7 Å². The third-order valence-electron chi connectivity index (χ3n) is 7.55. The van der Waals surface area contributed by atoms with E-state index in [9.17, 15) is 14.7 Å². The molecule has 3 nitrogen and oxygen atoms in total. The molecule has 3 saturated carbocycles. The van der Waals surface area contributed by atoms with Crippen molar-refractivity contribution >= 4 is 11.6 Å². The van der Waals surface area contributed by atoms with Crippen LogP contribution in [0, 0.1) is 23.2 Å². The Morgan fingerprint density at radius 1 is 1.26 bits per heavy atom.